The van der Waals surface area contributed by atoms with Gasteiger partial charge in [-0.25, -0.2) is 5.41 Å². The molecule has 1 aromatic carbocycles. The zero-order valence-electron chi connectivity index (χ0n) is 8.64. The van der Waals surface area contributed by atoms with Gasteiger partial charge >= 0.3 is 5.17 Å². The van der Waals surface area contributed by atoms with Crippen LogP contribution in [-0.2, 0) is 10.9 Å². The molecule has 0 saturated carbocycles. The summed E-state index contributed by atoms with van der Waals surface area (Å²) in [7, 11) is -0.641. The second-order valence-corrected chi connectivity index (χ2v) is 5.67. The molecule has 0 saturated heterocycles. The summed E-state index contributed by atoms with van der Waals surface area (Å²) in [6.07, 6.45) is 1.77. The van der Waals surface area contributed by atoms with Gasteiger partial charge in [0, 0.05) is 11.6 Å². The van der Waals surface area contributed by atoms with Gasteiger partial charge in [0.05, 0.1) is 10.9 Å². The van der Waals surface area contributed by atoms with Crippen LogP contribution >= 0.6 is 23.2 Å². The van der Waals surface area contributed by atoms with Gasteiger partial charge in [0.2, 0.25) is 4.90 Å². The van der Waals surface area contributed by atoms with Crippen molar-refractivity contribution in [2.75, 3.05) is 6.26 Å². The maximum absolute atomic E-state index is 9.48. The number of phenols is 1. The Morgan fingerprint density at radius 1 is 1.50 bits per heavy atom. The van der Waals surface area contributed by atoms with Crippen molar-refractivity contribution in [3.8, 4) is 5.75 Å². The zero-order chi connectivity index (χ0) is 11.7. The van der Waals surface area contributed by atoms with E-state index in [1.807, 2.05) is 0 Å². The number of rotatable bonds is 1. The summed E-state index contributed by atoms with van der Waals surface area (Å²) in [6, 6.07) is 1.42. The molecule has 0 aliphatic carbocycles. The molecule has 1 unspecified atom stereocenters. The van der Waals surface area contributed by atoms with E-state index in [1.165, 1.54) is 6.07 Å². The van der Waals surface area contributed by atoms with Crippen molar-refractivity contribution in [1.82, 2.24) is 0 Å². The molecule has 0 radical (unpaired) electrons. The molecule has 4 N–H and O–H groups in total. The first-order valence-corrected chi connectivity index (χ1v) is 6.42. The largest absolute Gasteiger partial charge is 1.00 e. The SMILES string of the molecule is Cc1c(O)cc(Cl)c([S+](C)C(=N)N)c1Cl.[I-]. The van der Waals surface area contributed by atoms with E-state index in [2.05, 4.69) is 0 Å². The minimum Gasteiger partial charge on any atom is -1.00 e. The average molecular weight is 393 g/mol. The van der Waals surface area contributed by atoms with Gasteiger partial charge in [0.25, 0.3) is 0 Å². The first kappa shape index (κ1) is 16.1. The van der Waals surface area contributed by atoms with E-state index in [0.717, 1.165) is 0 Å². The molecule has 1 aromatic rings. The lowest BCUT2D eigenvalue weighted by Crippen LogP contribution is -3.00. The first-order chi connectivity index (χ1) is 6.86. The fraction of sp³-hybridized carbons (Fsp3) is 0.222. The number of benzene rings is 1. The van der Waals surface area contributed by atoms with Crippen LogP contribution in [0.4, 0.5) is 0 Å². The summed E-state index contributed by atoms with van der Waals surface area (Å²) in [4.78, 5) is 0.612. The van der Waals surface area contributed by atoms with Crippen LogP contribution in [0.25, 0.3) is 0 Å². The second kappa shape index (κ2) is 6.18. The fourth-order valence-electron chi connectivity index (χ4n) is 1.07. The van der Waals surface area contributed by atoms with Crippen molar-refractivity contribution in [1.29, 1.82) is 5.41 Å². The Kier molecular flexibility index (Phi) is 6.24. The van der Waals surface area contributed by atoms with Crippen molar-refractivity contribution in [2.45, 2.75) is 11.8 Å². The Labute approximate surface area is 124 Å². The highest BCUT2D eigenvalue weighted by molar-refractivity contribution is 8.10. The molecule has 0 aliphatic rings. The van der Waals surface area contributed by atoms with E-state index < -0.39 is 10.9 Å². The Bertz CT molecular complexity index is 428. The number of nitrogens with one attached hydrogen (secondary N) is 1. The van der Waals surface area contributed by atoms with Gasteiger partial charge in [-0.15, -0.1) is 0 Å². The highest BCUT2D eigenvalue weighted by atomic mass is 127. The molecule has 0 aliphatic heterocycles. The third-order valence-corrected chi connectivity index (χ3v) is 4.72. The lowest BCUT2D eigenvalue weighted by molar-refractivity contribution is -0.00000435. The average Bonchev–Trinajstić information content (AvgIpc) is 2.14. The normalized spacial score (nSPS) is 11.8. The van der Waals surface area contributed by atoms with E-state index in [1.54, 1.807) is 13.2 Å². The molecule has 0 fully saturated rings. The predicted octanol–water partition coefficient (Wildman–Crippen LogP) is -0.488. The summed E-state index contributed by atoms with van der Waals surface area (Å²) in [5, 5.41) is 17.6. The van der Waals surface area contributed by atoms with Crippen molar-refractivity contribution < 1.29 is 29.1 Å². The summed E-state index contributed by atoms with van der Waals surface area (Å²) < 4.78 is 0. The smallest absolute Gasteiger partial charge is 0.314 e. The number of hydrogen-bond acceptors (Lipinski definition) is 2. The van der Waals surface area contributed by atoms with Crippen LogP contribution in [0.3, 0.4) is 0 Å². The topological polar surface area (TPSA) is 70.1 Å². The van der Waals surface area contributed by atoms with Crippen LogP contribution in [0.1, 0.15) is 5.56 Å². The maximum atomic E-state index is 9.48. The number of hydrogen-bond donors (Lipinski definition) is 3. The first-order valence-electron chi connectivity index (χ1n) is 4.03. The number of nitrogens with two attached hydrogens (primary N) is 1. The third kappa shape index (κ3) is 3.09. The molecular weight excluding hydrogens is 382 g/mol. The van der Waals surface area contributed by atoms with Crippen LogP contribution in [0, 0.1) is 12.3 Å². The highest BCUT2D eigenvalue weighted by Gasteiger charge is 2.29. The van der Waals surface area contributed by atoms with Crippen molar-refractivity contribution in [2.24, 2.45) is 5.73 Å². The highest BCUT2D eigenvalue weighted by Crippen LogP contribution is 2.37. The van der Waals surface area contributed by atoms with Crippen LogP contribution in [0.15, 0.2) is 11.0 Å². The summed E-state index contributed by atoms with van der Waals surface area (Å²) in [6.45, 7) is 1.69. The Hall–Kier alpha value is 0.150. The minimum atomic E-state index is -0.641. The molecule has 3 nitrogen and oxygen atoms in total. The quantitative estimate of drug-likeness (QED) is 0.261. The number of aromatic hydroxyl groups is 1. The number of halogens is 3. The molecule has 0 spiro atoms. The van der Waals surface area contributed by atoms with E-state index in [9.17, 15) is 5.11 Å². The molecule has 0 heterocycles. The third-order valence-electron chi connectivity index (χ3n) is 2.03. The summed E-state index contributed by atoms with van der Waals surface area (Å²) in [5.41, 5.74) is 5.96. The van der Waals surface area contributed by atoms with Gasteiger partial charge < -0.3 is 34.8 Å². The van der Waals surface area contributed by atoms with Crippen LogP contribution in [-0.4, -0.2) is 16.5 Å². The Balaban J connectivity index is 0.00000225. The molecule has 0 bridgehead atoms. The van der Waals surface area contributed by atoms with Gasteiger partial charge in [-0.05, 0) is 6.92 Å². The van der Waals surface area contributed by atoms with Gasteiger partial charge in [-0.1, -0.05) is 23.2 Å². The molecule has 90 valence electrons. The minimum absolute atomic E-state index is 0. The standard InChI is InChI=1S/C9H10Cl2N2OS.HI/c1-4-6(14)3-5(10)8(7(4)11)15(2)9(12)13;/h3H,1-2H3,(H3-,12,13,14);1H. The van der Waals surface area contributed by atoms with Gasteiger partial charge in [-0.2, -0.15) is 0 Å². The molecule has 1 atom stereocenters. The van der Waals surface area contributed by atoms with Crippen LogP contribution < -0.4 is 29.7 Å². The fourth-order valence-corrected chi connectivity index (χ4v) is 3.20. The molecular formula is C9H11Cl2IN2OS. The molecule has 1 rings (SSSR count). The maximum Gasteiger partial charge on any atom is 0.314 e. The lowest BCUT2D eigenvalue weighted by atomic mass is 10.2. The lowest BCUT2D eigenvalue weighted by Gasteiger charge is -2.08. The van der Waals surface area contributed by atoms with Gasteiger partial charge in [0.15, 0.2) is 0 Å². The number of amidine groups is 1. The van der Waals surface area contributed by atoms with Gasteiger partial charge in [0.1, 0.15) is 22.1 Å². The molecule has 0 aromatic heterocycles. The number of phenolic OH excluding ortho intramolecular Hbond substituents is 1. The van der Waals surface area contributed by atoms with Crippen LogP contribution in [0.2, 0.25) is 10.0 Å². The Morgan fingerprint density at radius 3 is 2.44 bits per heavy atom. The van der Waals surface area contributed by atoms with Crippen LogP contribution in [0.5, 0.6) is 5.75 Å². The predicted molar refractivity (Wildman–Crippen MR) is 66.3 cm³/mol. The molecule has 7 heteroatoms. The van der Waals surface area contributed by atoms with E-state index in [0.29, 0.717) is 20.5 Å². The zero-order valence-corrected chi connectivity index (χ0v) is 13.1. The molecule has 16 heavy (non-hydrogen) atoms. The Morgan fingerprint density at radius 2 is 2.00 bits per heavy atom. The van der Waals surface area contributed by atoms with E-state index in [4.69, 9.17) is 34.3 Å². The van der Waals surface area contributed by atoms with Crippen molar-refractivity contribution >= 4 is 39.3 Å². The molecule has 0 amide bonds. The monoisotopic (exact) mass is 392 g/mol. The second-order valence-electron chi connectivity index (χ2n) is 3.02. The van der Waals surface area contributed by atoms with E-state index in [-0.39, 0.29) is 34.9 Å². The van der Waals surface area contributed by atoms with Gasteiger partial charge in [-0.3, -0.25) is 0 Å². The summed E-state index contributed by atoms with van der Waals surface area (Å²) in [5.74, 6) is 0.0503. The van der Waals surface area contributed by atoms with Crippen molar-refractivity contribution in [3.63, 3.8) is 0 Å². The summed E-state index contributed by atoms with van der Waals surface area (Å²) >= 11 is 12.0. The van der Waals surface area contributed by atoms with Crippen molar-refractivity contribution in [3.05, 3.63) is 21.7 Å². The van der Waals surface area contributed by atoms with E-state index >= 15 is 0 Å².